The summed E-state index contributed by atoms with van der Waals surface area (Å²) in [6.45, 7) is 4.83. The maximum atomic E-state index is 12.4. The molecule has 1 aromatic carbocycles. The van der Waals surface area contributed by atoms with Gasteiger partial charge in [0.1, 0.15) is 5.69 Å². The Labute approximate surface area is 152 Å². The second kappa shape index (κ2) is 8.20. The van der Waals surface area contributed by atoms with Gasteiger partial charge in [-0.05, 0) is 47.4 Å². The number of benzene rings is 1. The third-order valence-corrected chi connectivity index (χ3v) is 3.92. The van der Waals surface area contributed by atoms with Crippen molar-refractivity contribution in [1.29, 1.82) is 0 Å². The second-order valence-corrected chi connectivity index (χ2v) is 6.21. The van der Waals surface area contributed by atoms with E-state index in [1.165, 1.54) is 5.56 Å². The first-order chi connectivity index (χ1) is 12.6. The van der Waals surface area contributed by atoms with E-state index >= 15 is 0 Å². The van der Waals surface area contributed by atoms with Gasteiger partial charge in [-0.2, -0.15) is 0 Å². The minimum atomic E-state index is -0.267. The molecule has 0 aliphatic heterocycles. The Morgan fingerprint density at radius 3 is 2.42 bits per heavy atom. The molecule has 0 fully saturated rings. The maximum absolute atomic E-state index is 12.4. The van der Waals surface area contributed by atoms with Crippen LogP contribution in [0.4, 0.5) is 11.6 Å². The van der Waals surface area contributed by atoms with Crippen molar-refractivity contribution in [2.45, 2.75) is 26.3 Å². The summed E-state index contributed by atoms with van der Waals surface area (Å²) in [7, 11) is 0. The highest BCUT2D eigenvalue weighted by atomic mass is 16.1. The van der Waals surface area contributed by atoms with Gasteiger partial charge < -0.3 is 10.6 Å². The lowest BCUT2D eigenvalue weighted by Gasteiger charge is -2.09. The predicted molar refractivity (Wildman–Crippen MR) is 102 cm³/mol. The summed E-state index contributed by atoms with van der Waals surface area (Å²) in [6.07, 6.45) is 5.03. The zero-order valence-corrected chi connectivity index (χ0v) is 14.8. The summed E-state index contributed by atoms with van der Waals surface area (Å²) in [6, 6.07) is 13.2. The van der Waals surface area contributed by atoms with Crippen LogP contribution in [-0.2, 0) is 6.54 Å². The lowest BCUT2D eigenvalue weighted by atomic mass is 10.0. The molecular weight excluding hydrogens is 326 g/mol. The molecule has 0 saturated carbocycles. The number of aromatic nitrogens is 3. The van der Waals surface area contributed by atoms with Crippen LogP contribution in [0.15, 0.2) is 61.1 Å². The number of pyridine rings is 1. The summed E-state index contributed by atoms with van der Waals surface area (Å²) in [5.74, 6) is 0.594. The largest absolute Gasteiger partial charge is 0.350 e. The minimum absolute atomic E-state index is 0.267. The van der Waals surface area contributed by atoms with Crippen LogP contribution in [0.2, 0.25) is 0 Å². The fraction of sp³-hybridized carbons (Fsp3) is 0.200. The Bertz CT molecular complexity index is 863. The molecule has 2 N–H and O–H groups in total. The highest BCUT2D eigenvalue weighted by molar-refractivity contribution is 6.02. The van der Waals surface area contributed by atoms with E-state index in [9.17, 15) is 4.79 Å². The number of hydrogen-bond acceptors (Lipinski definition) is 5. The van der Waals surface area contributed by atoms with Crippen LogP contribution in [-0.4, -0.2) is 20.9 Å². The molecule has 2 aromatic heterocycles. The monoisotopic (exact) mass is 347 g/mol. The molecule has 3 aromatic rings. The van der Waals surface area contributed by atoms with E-state index in [4.69, 9.17) is 0 Å². The van der Waals surface area contributed by atoms with Crippen LogP contribution in [0, 0.1) is 0 Å². The van der Waals surface area contributed by atoms with Gasteiger partial charge in [0.2, 0.25) is 5.95 Å². The van der Waals surface area contributed by atoms with E-state index in [2.05, 4.69) is 39.4 Å². The molecular formula is C20H21N5O. The van der Waals surface area contributed by atoms with Crippen LogP contribution in [0.3, 0.4) is 0 Å². The smallest absolute Gasteiger partial charge is 0.274 e. The van der Waals surface area contributed by atoms with Crippen molar-refractivity contribution >= 4 is 17.5 Å². The Balaban J connectivity index is 1.64. The number of nitrogens with one attached hydrogen (secondary N) is 2. The molecule has 6 heteroatoms. The summed E-state index contributed by atoms with van der Waals surface area (Å²) < 4.78 is 0. The van der Waals surface area contributed by atoms with E-state index in [-0.39, 0.29) is 5.91 Å². The number of carbonyl (C=O) groups excluding carboxylic acids is 1. The number of nitrogens with zero attached hydrogens (tertiary/aromatic N) is 3. The normalized spacial score (nSPS) is 10.6. The first kappa shape index (κ1) is 17.5. The van der Waals surface area contributed by atoms with Crippen LogP contribution >= 0.6 is 0 Å². The zero-order valence-electron chi connectivity index (χ0n) is 14.8. The lowest BCUT2D eigenvalue weighted by Crippen LogP contribution is -2.15. The van der Waals surface area contributed by atoms with Gasteiger partial charge in [-0.3, -0.25) is 9.78 Å². The zero-order chi connectivity index (χ0) is 18.4. The quantitative estimate of drug-likeness (QED) is 0.708. The topological polar surface area (TPSA) is 79.8 Å². The summed E-state index contributed by atoms with van der Waals surface area (Å²) >= 11 is 0. The molecule has 0 bridgehead atoms. The summed E-state index contributed by atoms with van der Waals surface area (Å²) in [5, 5.41) is 5.97. The molecule has 0 saturated heterocycles. The van der Waals surface area contributed by atoms with Crippen LogP contribution in [0.25, 0.3) is 0 Å². The van der Waals surface area contributed by atoms with Gasteiger partial charge in [0, 0.05) is 30.8 Å². The third-order valence-electron chi connectivity index (χ3n) is 3.92. The molecule has 6 nitrogen and oxygen atoms in total. The SMILES string of the molecule is CC(C)c1ccc(NC(=O)c2ccnc(NCc3ccncc3)n2)cc1. The number of rotatable bonds is 6. The van der Waals surface area contributed by atoms with Crippen LogP contribution in [0.5, 0.6) is 0 Å². The molecule has 0 spiro atoms. The van der Waals surface area contributed by atoms with E-state index in [0.29, 0.717) is 24.1 Å². The van der Waals surface area contributed by atoms with Gasteiger partial charge in [-0.25, -0.2) is 9.97 Å². The minimum Gasteiger partial charge on any atom is -0.350 e. The molecule has 0 radical (unpaired) electrons. The van der Waals surface area contributed by atoms with E-state index in [1.54, 1.807) is 24.7 Å². The molecule has 2 heterocycles. The third kappa shape index (κ3) is 4.63. The second-order valence-electron chi connectivity index (χ2n) is 6.21. The number of hydrogen-bond donors (Lipinski definition) is 2. The molecule has 0 aliphatic rings. The van der Waals surface area contributed by atoms with E-state index < -0.39 is 0 Å². The van der Waals surface area contributed by atoms with Crippen molar-refractivity contribution in [1.82, 2.24) is 15.0 Å². The summed E-state index contributed by atoms with van der Waals surface area (Å²) in [4.78, 5) is 24.8. The Kier molecular flexibility index (Phi) is 5.53. The molecule has 0 unspecified atom stereocenters. The standard InChI is InChI=1S/C20H21N5O/c1-14(2)16-3-5-17(6-4-16)24-19(26)18-9-12-22-20(25-18)23-13-15-7-10-21-11-8-15/h3-12,14H,13H2,1-2H3,(H,24,26)(H,22,23,25). The highest BCUT2D eigenvalue weighted by Gasteiger charge is 2.09. The van der Waals surface area contributed by atoms with Crippen molar-refractivity contribution in [2.75, 3.05) is 10.6 Å². The van der Waals surface area contributed by atoms with E-state index in [0.717, 1.165) is 11.3 Å². The van der Waals surface area contributed by atoms with Gasteiger partial charge in [0.05, 0.1) is 0 Å². The van der Waals surface area contributed by atoms with Crippen LogP contribution < -0.4 is 10.6 Å². The van der Waals surface area contributed by atoms with Crippen molar-refractivity contribution in [3.63, 3.8) is 0 Å². The highest BCUT2D eigenvalue weighted by Crippen LogP contribution is 2.17. The van der Waals surface area contributed by atoms with Gasteiger partial charge in [0.25, 0.3) is 5.91 Å². The average Bonchev–Trinajstić information content (AvgIpc) is 2.68. The van der Waals surface area contributed by atoms with Gasteiger partial charge in [-0.1, -0.05) is 26.0 Å². The molecule has 0 aliphatic carbocycles. The molecule has 0 atom stereocenters. The maximum Gasteiger partial charge on any atom is 0.274 e. The van der Waals surface area contributed by atoms with Crippen molar-refractivity contribution in [3.05, 3.63) is 77.9 Å². The van der Waals surface area contributed by atoms with Crippen molar-refractivity contribution in [2.24, 2.45) is 0 Å². The van der Waals surface area contributed by atoms with Gasteiger partial charge >= 0.3 is 0 Å². The Morgan fingerprint density at radius 2 is 1.73 bits per heavy atom. The fourth-order valence-corrected chi connectivity index (χ4v) is 2.40. The first-order valence-corrected chi connectivity index (χ1v) is 8.49. The number of carbonyl (C=O) groups is 1. The molecule has 26 heavy (non-hydrogen) atoms. The molecule has 3 rings (SSSR count). The number of anilines is 2. The Morgan fingerprint density at radius 1 is 1.00 bits per heavy atom. The summed E-state index contributed by atoms with van der Waals surface area (Å²) in [5.41, 5.74) is 3.34. The predicted octanol–water partition coefficient (Wildman–Crippen LogP) is 3.86. The van der Waals surface area contributed by atoms with E-state index in [1.807, 2.05) is 36.4 Å². The Hall–Kier alpha value is -3.28. The van der Waals surface area contributed by atoms with Gasteiger partial charge in [0.15, 0.2) is 0 Å². The fourth-order valence-electron chi connectivity index (χ4n) is 2.40. The van der Waals surface area contributed by atoms with Crippen molar-refractivity contribution in [3.8, 4) is 0 Å². The number of amides is 1. The first-order valence-electron chi connectivity index (χ1n) is 8.49. The van der Waals surface area contributed by atoms with Gasteiger partial charge in [-0.15, -0.1) is 0 Å². The van der Waals surface area contributed by atoms with Crippen molar-refractivity contribution < 1.29 is 4.79 Å². The molecule has 132 valence electrons. The van der Waals surface area contributed by atoms with Crippen LogP contribution in [0.1, 0.15) is 41.4 Å². The lowest BCUT2D eigenvalue weighted by molar-refractivity contribution is 0.102. The molecule has 1 amide bonds. The average molecular weight is 347 g/mol.